The van der Waals surface area contributed by atoms with Crippen LogP contribution < -0.4 is 10.6 Å². The fourth-order valence-electron chi connectivity index (χ4n) is 1.67. The van der Waals surface area contributed by atoms with Gasteiger partial charge in [0.25, 0.3) is 0 Å². The molecule has 1 fully saturated rings. The largest absolute Gasteiger partial charge is 0.354 e. The molecule has 1 saturated heterocycles. The Labute approximate surface area is 114 Å². The van der Waals surface area contributed by atoms with Crippen molar-refractivity contribution in [1.82, 2.24) is 10.6 Å². The summed E-state index contributed by atoms with van der Waals surface area (Å²) in [6, 6.07) is 8.17. The van der Waals surface area contributed by atoms with Crippen LogP contribution in [0.25, 0.3) is 0 Å². The second-order valence-corrected chi connectivity index (χ2v) is 5.89. The summed E-state index contributed by atoms with van der Waals surface area (Å²) in [4.78, 5) is 11.7. The van der Waals surface area contributed by atoms with Crippen LogP contribution >= 0.6 is 27.7 Å². The molecule has 1 atom stereocenters. The molecular formula is C12H15BrN2OS. The molecule has 1 heterocycles. The molecule has 1 aliphatic heterocycles. The molecule has 2 rings (SSSR count). The van der Waals surface area contributed by atoms with Gasteiger partial charge in [-0.25, -0.2) is 0 Å². The Hall–Kier alpha value is -0.520. The predicted molar refractivity (Wildman–Crippen MR) is 75.1 cm³/mol. The molecule has 0 radical (unpaired) electrons. The molecule has 5 heteroatoms. The van der Waals surface area contributed by atoms with E-state index in [-0.39, 0.29) is 11.9 Å². The number of nitrogens with one attached hydrogen (secondary N) is 2. The molecule has 0 aromatic heterocycles. The molecule has 17 heavy (non-hydrogen) atoms. The van der Waals surface area contributed by atoms with Gasteiger partial charge in [0.1, 0.15) is 0 Å². The van der Waals surface area contributed by atoms with Crippen LogP contribution in [-0.4, -0.2) is 30.1 Å². The van der Waals surface area contributed by atoms with Gasteiger partial charge in [-0.2, -0.15) is 0 Å². The van der Waals surface area contributed by atoms with Crippen LogP contribution in [0.5, 0.6) is 0 Å². The lowest BCUT2D eigenvalue weighted by molar-refractivity contribution is -0.122. The minimum atomic E-state index is -0.00934. The third-order valence-corrected chi connectivity index (χ3v) is 4.13. The van der Waals surface area contributed by atoms with E-state index in [9.17, 15) is 4.79 Å². The highest BCUT2D eigenvalue weighted by Gasteiger charge is 2.21. The van der Waals surface area contributed by atoms with Crippen molar-refractivity contribution in [2.75, 3.05) is 18.2 Å². The number of hydrogen-bond donors (Lipinski definition) is 2. The van der Waals surface area contributed by atoms with E-state index in [0.29, 0.717) is 6.54 Å². The second-order valence-electron chi connectivity index (χ2n) is 3.94. The fraction of sp³-hybridized carbons (Fsp3) is 0.417. The maximum absolute atomic E-state index is 11.7. The fourth-order valence-corrected chi connectivity index (χ4v) is 2.87. The highest BCUT2D eigenvalue weighted by Crippen LogP contribution is 2.11. The predicted octanol–water partition coefficient (Wildman–Crippen LogP) is 1.77. The van der Waals surface area contributed by atoms with Gasteiger partial charge < -0.3 is 5.32 Å². The highest BCUT2D eigenvalue weighted by molar-refractivity contribution is 9.10. The quantitative estimate of drug-likeness (QED) is 0.890. The summed E-state index contributed by atoms with van der Waals surface area (Å²) >= 11 is 5.17. The number of thioether (sulfide) groups is 1. The number of carbonyl (C=O) groups is 1. The van der Waals surface area contributed by atoms with Gasteiger partial charge in [0.05, 0.1) is 6.04 Å². The lowest BCUT2D eigenvalue weighted by Gasteiger charge is -2.10. The molecule has 92 valence electrons. The summed E-state index contributed by atoms with van der Waals surface area (Å²) in [7, 11) is 0. The Morgan fingerprint density at radius 2 is 2.24 bits per heavy atom. The topological polar surface area (TPSA) is 41.1 Å². The number of carbonyl (C=O) groups excluding carboxylic acids is 1. The van der Waals surface area contributed by atoms with Crippen molar-refractivity contribution in [3.63, 3.8) is 0 Å². The zero-order chi connectivity index (χ0) is 12.1. The smallest absolute Gasteiger partial charge is 0.238 e. The van der Waals surface area contributed by atoms with Crippen LogP contribution in [0.1, 0.15) is 5.56 Å². The molecule has 1 aliphatic rings. The maximum Gasteiger partial charge on any atom is 0.238 e. The number of rotatable bonds is 4. The summed E-state index contributed by atoms with van der Waals surface area (Å²) in [6.07, 6.45) is 0.874. The van der Waals surface area contributed by atoms with Gasteiger partial charge >= 0.3 is 0 Å². The summed E-state index contributed by atoms with van der Waals surface area (Å²) in [5.74, 6) is 1.88. The van der Waals surface area contributed by atoms with Gasteiger partial charge in [0, 0.05) is 22.6 Å². The summed E-state index contributed by atoms with van der Waals surface area (Å²) in [5.41, 5.74) is 1.24. The van der Waals surface area contributed by atoms with E-state index in [4.69, 9.17) is 0 Å². The molecule has 1 amide bonds. The molecule has 1 aromatic rings. The van der Waals surface area contributed by atoms with Crippen molar-refractivity contribution in [3.8, 4) is 0 Å². The van der Waals surface area contributed by atoms with Crippen LogP contribution in [0.4, 0.5) is 0 Å². The molecule has 3 nitrogen and oxygen atoms in total. The third-order valence-electron chi connectivity index (χ3n) is 2.66. The van der Waals surface area contributed by atoms with Gasteiger partial charge in [-0.05, 0) is 24.1 Å². The van der Waals surface area contributed by atoms with Crippen LogP contribution in [0.15, 0.2) is 28.7 Å². The Morgan fingerprint density at radius 1 is 1.47 bits per heavy atom. The zero-order valence-electron chi connectivity index (χ0n) is 9.41. The van der Waals surface area contributed by atoms with Crippen LogP contribution in [0.3, 0.4) is 0 Å². The Morgan fingerprint density at radius 3 is 2.88 bits per heavy atom. The second kappa shape index (κ2) is 6.42. The molecule has 0 spiro atoms. The lowest BCUT2D eigenvalue weighted by atomic mass is 10.1. The Kier molecular flexibility index (Phi) is 4.88. The normalized spacial score (nSPS) is 19.2. The number of halogens is 1. The Bertz CT molecular complexity index is 377. The van der Waals surface area contributed by atoms with E-state index >= 15 is 0 Å². The van der Waals surface area contributed by atoms with Crippen molar-refractivity contribution in [3.05, 3.63) is 34.3 Å². The minimum absolute atomic E-state index is 0.00934. The lowest BCUT2D eigenvalue weighted by Crippen LogP contribution is -2.42. The maximum atomic E-state index is 11.7. The average Bonchev–Trinajstić information content (AvgIpc) is 2.85. The van der Waals surface area contributed by atoms with Gasteiger partial charge in [-0.1, -0.05) is 28.1 Å². The monoisotopic (exact) mass is 314 g/mol. The van der Waals surface area contributed by atoms with E-state index in [1.165, 1.54) is 5.56 Å². The van der Waals surface area contributed by atoms with Crippen LogP contribution in [0, 0.1) is 0 Å². The molecule has 1 aromatic carbocycles. The van der Waals surface area contributed by atoms with Crippen molar-refractivity contribution >= 4 is 33.6 Å². The van der Waals surface area contributed by atoms with E-state index in [0.717, 1.165) is 22.5 Å². The molecule has 0 bridgehead atoms. The van der Waals surface area contributed by atoms with Crippen LogP contribution in [0.2, 0.25) is 0 Å². The molecular weight excluding hydrogens is 300 g/mol. The van der Waals surface area contributed by atoms with Gasteiger partial charge in [-0.15, -0.1) is 11.8 Å². The van der Waals surface area contributed by atoms with Gasteiger partial charge in [-0.3, -0.25) is 10.1 Å². The first-order chi connectivity index (χ1) is 8.25. The SMILES string of the molecule is O=C(NCCc1ccc(Br)cc1)C1CSCN1. The van der Waals surface area contributed by atoms with Gasteiger partial charge in [0.15, 0.2) is 0 Å². The van der Waals surface area contributed by atoms with Gasteiger partial charge in [0.2, 0.25) is 5.91 Å². The first-order valence-corrected chi connectivity index (χ1v) is 7.54. The first-order valence-electron chi connectivity index (χ1n) is 5.59. The summed E-state index contributed by atoms with van der Waals surface area (Å²) < 4.78 is 1.08. The Balaban J connectivity index is 1.72. The van der Waals surface area contributed by atoms with E-state index in [2.05, 4.69) is 38.7 Å². The minimum Gasteiger partial charge on any atom is -0.354 e. The van der Waals surface area contributed by atoms with Crippen molar-refractivity contribution in [2.24, 2.45) is 0 Å². The third kappa shape index (κ3) is 4.01. The van der Waals surface area contributed by atoms with Crippen LogP contribution in [-0.2, 0) is 11.2 Å². The summed E-state index contributed by atoms with van der Waals surface area (Å²) in [6.45, 7) is 0.698. The highest BCUT2D eigenvalue weighted by atomic mass is 79.9. The summed E-state index contributed by atoms with van der Waals surface area (Å²) in [5, 5.41) is 6.12. The van der Waals surface area contributed by atoms with Crippen molar-refractivity contribution in [2.45, 2.75) is 12.5 Å². The standard InChI is InChI=1S/C12H15BrN2OS/c13-10-3-1-9(2-4-10)5-6-14-12(16)11-7-17-8-15-11/h1-4,11,15H,5-8H2,(H,14,16). The zero-order valence-corrected chi connectivity index (χ0v) is 11.8. The number of amides is 1. The first kappa shape index (κ1) is 12.9. The van der Waals surface area contributed by atoms with E-state index < -0.39 is 0 Å². The molecule has 0 aliphatic carbocycles. The molecule has 2 N–H and O–H groups in total. The molecule has 1 unspecified atom stereocenters. The average molecular weight is 315 g/mol. The van der Waals surface area contributed by atoms with E-state index in [1.54, 1.807) is 11.8 Å². The number of benzene rings is 1. The van der Waals surface area contributed by atoms with E-state index in [1.807, 2.05) is 12.1 Å². The van der Waals surface area contributed by atoms with Crippen molar-refractivity contribution < 1.29 is 4.79 Å². The number of hydrogen-bond acceptors (Lipinski definition) is 3. The van der Waals surface area contributed by atoms with Crippen molar-refractivity contribution in [1.29, 1.82) is 0 Å². The molecule has 0 saturated carbocycles.